The SMILES string of the molecule is CC=CCOc1ccc(C(F)(F)Oc2ccc3c(F)c(OCC(F)(F)F)c(F)cc3c2)cc1. The number of rotatable bonds is 8. The van der Waals surface area contributed by atoms with E-state index in [1.807, 2.05) is 0 Å². The molecule has 3 nitrogen and oxygen atoms in total. The number of hydrogen-bond donors (Lipinski definition) is 0. The van der Waals surface area contributed by atoms with Crippen molar-refractivity contribution in [3.8, 4) is 17.2 Å². The lowest BCUT2D eigenvalue weighted by molar-refractivity contribution is -0.185. The van der Waals surface area contributed by atoms with Crippen LogP contribution in [0.25, 0.3) is 10.8 Å². The van der Waals surface area contributed by atoms with Gasteiger partial charge in [-0.3, -0.25) is 0 Å². The van der Waals surface area contributed by atoms with Gasteiger partial charge in [0.15, 0.2) is 24.0 Å². The molecule has 0 aromatic heterocycles. The second-order valence-electron chi connectivity index (χ2n) is 6.81. The topological polar surface area (TPSA) is 27.7 Å². The lowest BCUT2D eigenvalue weighted by atomic mass is 10.1. The third-order valence-corrected chi connectivity index (χ3v) is 4.36. The second-order valence-corrected chi connectivity index (χ2v) is 6.81. The van der Waals surface area contributed by atoms with E-state index < -0.39 is 47.6 Å². The molecule has 176 valence electrons. The summed E-state index contributed by atoms with van der Waals surface area (Å²) >= 11 is 0. The number of halogens is 7. The largest absolute Gasteiger partial charge is 0.490 e. The maximum absolute atomic E-state index is 14.6. The van der Waals surface area contributed by atoms with Crippen molar-refractivity contribution in [2.45, 2.75) is 19.2 Å². The Morgan fingerprint density at radius 1 is 0.848 bits per heavy atom. The third kappa shape index (κ3) is 6.09. The summed E-state index contributed by atoms with van der Waals surface area (Å²) in [7, 11) is 0. The molecule has 0 aliphatic heterocycles. The molecule has 3 rings (SSSR count). The van der Waals surface area contributed by atoms with Crippen molar-refractivity contribution in [1.82, 2.24) is 0 Å². The molecule has 0 spiro atoms. The Labute approximate surface area is 184 Å². The van der Waals surface area contributed by atoms with E-state index in [1.165, 1.54) is 12.1 Å². The van der Waals surface area contributed by atoms with Gasteiger partial charge in [-0.15, -0.1) is 0 Å². The van der Waals surface area contributed by atoms with E-state index in [0.29, 0.717) is 11.8 Å². The smallest absolute Gasteiger partial charge is 0.426 e. The lowest BCUT2D eigenvalue weighted by Crippen LogP contribution is -2.21. The normalized spacial score (nSPS) is 12.4. The van der Waals surface area contributed by atoms with Gasteiger partial charge in [0.1, 0.15) is 18.1 Å². The molecule has 0 saturated carbocycles. The van der Waals surface area contributed by atoms with Crippen LogP contribution < -0.4 is 14.2 Å². The number of ether oxygens (including phenoxy) is 3. The molecule has 0 saturated heterocycles. The first-order valence-corrected chi connectivity index (χ1v) is 9.53. The highest BCUT2D eigenvalue weighted by molar-refractivity contribution is 5.86. The van der Waals surface area contributed by atoms with E-state index in [2.05, 4.69) is 4.74 Å². The van der Waals surface area contributed by atoms with Crippen molar-refractivity contribution in [3.05, 3.63) is 77.9 Å². The van der Waals surface area contributed by atoms with E-state index >= 15 is 0 Å². The Balaban J connectivity index is 1.81. The van der Waals surface area contributed by atoms with Crippen LogP contribution in [0.2, 0.25) is 0 Å². The standard InChI is InChI=1S/C23H17F7O3/c1-2-3-10-31-16-6-4-15(5-7-16)23(29,30)33-17-8-9-18-14(11-17)12-19(24)21(20(18)25)32-13-22(26,27)28/h2-9,11-12H,10,13H2,1H3. The molecule has 10 heteroatoms. The van der Waals surface area contributed by atoms with Crippen LogP contribution in [0.5, 0.6) is 17.2 Å². The number of fused-ring (bicyclic) bond motifs is 1. The molecule has 0 heterocycles. The van der Waals surface area contributed by atoms with Gasteiger partial charge < -0.3 is 14.2 Å². The van der Waals surface area contributed by atoms with Crippen molar-refractivity contribution in [1.29, 1.82) is 0 Å². The van der Waals surface area contributed by atoms with Crippen LogP contribution in [0.1, 0.15) is 12.5 Å². The molecule has 0 aliphatic carbocycles. The summed E-state index contributed by atoms with van der Waals surface area (Å²) in [5, 5.41) is -0.530. The predicted octanol–water partition coefficient (Wildman–Crippen LogP) is 7.14. The maximum Gasteiger partial charge on any atom is 0.426 e. The van der Waals surface area contributed by atoms with Gasteiger partial charge in [-0.25, -0.2) is 8.78 Å². The Bertz CT molecular complexity index is 1140. The van der Waals surface area contributed by atoms with E-state index in [-0.39, 0.29) is 17.4 Å². The van der Waals surface area contributed by atoms with Gasteiger partial charge in [-0.2, -0.15) is 22.0 Å². The first-order chi connectivity index (χ1) is 15.5. The van der Waals surface area contributed by atoms with Crippen molar-refractivity contribution in [2.75, 3.05) is 13.2 Å². The number of benzene rings is 3. The fourth-order valence-electron chi connectivity index (χ4n) is 2.83. The van der Waals surface area contributed by atoms with Crippen LogP contribution >= 0.6 is 0 Å². The van der Waals surface area contributed by atoms with Gasteiger partial charge in [0.05, 0.1) is 5.56 Å². The predicted molar refractivity (Wildman–Crippen MR) is 107 cm³/mol. The summed E-state index contributed by atoms with van der Waals surface area (Å²) in [6, 6.07) is 8.47. The molecular weight excluding hydrogens is 457 g/mol. The fraction of sp³-hybridized carbons (Fsp3) is 0.217. The molecule has 33 heavy (non-hydrogen) atoms. The van der Waals surface area contributed by atoms with Gasteiger partial charge in [0.25, 0.3) is 0 Å². The van der Waals surface area contributed by atoms with E-state index in [0.717, 1.165) is 30.3 Å². The molecule has 3 aromatic rings. The highest BCUT2D eigenvalue weighted by Gasteiger charge is 2.35. The molecule has 3 aromatic carbocycles. The van der Waals surface area contributed by atoms with Gasteiger partial charge in [0.2, 0.25) is 0 Å². The van der Waals surface area contributed by atoms with Crippen molar-refractivity contribution >= 4 is 10.8 Å². The molecule has 0 unspecified atom stereocenters. The fourth-order valence-corrected chi connectivity index (χ4v) is 2.83. The van der Waals surface area contributed by atoms with Crippen molar-refractivity contribution < 1.29 is 44.9 Å². The number of hydrogen-bond acceptors (Lipinski definition) is 3. The monoisotopic (exact) mass is 474 g/mol. The molecule has 0 amide bonds. The minimum Gasteiger partial charge on any atom is -0.490 e. The van der Waals surface area contributed by atoms with Crippen LogP contribution in [-0.2, 0) is 6.11 Å². The van der Waals surface area contributed by atoms with Crippen LogP contribution in [0.4, 0.5) is 30.7 Å². The van der Waals surface area contributed by atoms with Gasteiger partial charge in [-0.05, 0) is 60.8 Å². The number of alkyl halides is 5. The molecule has 0 atom stereocenters. The average Bonchev–Trinajstić information content (AvgIpc) is 2.73. The summed E-state index contributed by atoms with van der Waals surface area (Å²) in [6.07, 6.45) is -5.08. The van der Waals surface area contributed by atoms with E-state index in [4.69, 9.17) is 9.47 Å². The van der Waals surface area contributed by atoms with E-state index in [9.17, 15) is 30.7 Å². The Morgan fingerprint density at radius 3 is 2.15 bits per heavy atom. The average molecular weight is 474 g/mol. The number of allylic oxidation sites excluding steroid dienone is 1. The highest BCUT2D eigenvalue weighted by atomic mass is 19.4. The highest BCUT2D eigenvalue weighted by Crippen LogP contribution is 2.36. The molecule has 0 aliphatic rings. The summed E-state index contributed by atoms with van der Waals surface area (Å²) in [5.74, 6) is -4.06. The minimum atomic E-state index is -4.80. The van der Waals surface area contributed by atoms with Crippen molar-refractivity contribution in [3.63, 3.8) is 0 Å². The van der Waals surface area contributed by atoms with Crippen LogP contribution in [0.3, 0.4) is 0 Å². The Kier molecular flexibility index (Phi) is 7.04. The minimum absolute atomic E-state index is 0.203. The van der Waals surface area contributed by atoms with Crippen LogP contribution in [-0.4, -0.2) is 19.4 Å². The summed E-state index contributed by atoms with van der Waals surface area (Å²) in [6.45, 7) is 0.190. The summed E-state index contributed by atoms with van der Waals surface area (Å²) < 4.78 is 109. The second kappa shape index (κ2) is 9.60. The maximum atomic E-state index is 14.6. The Hall–Kier alpha value is -3.43. The van der Waals surface area contributed by atoms with Gasteiger partial charge in [-0.1, -0.05) is 12.2 Å². The molecule has 0 N–H and O–H groups in total. The van der Waals surface area contributed by atoms with Gasteiger partial charge >= 0.3 is 12.3 Å². The molecule has 0 fully saturated rings. The molecule has 0 bridgehead atoms. The van der Waals surface area contributed by atoms with Crippen LogP contribution in [0, 0.1) is 11.6 Å². The van der Waals surface area contributed by atoms with Crippen LogP contribution in [0.15, 0.2) is 60.7 Å². The summed E-state index contributed by atoms with van der Waals surface area (Å²) in [5.41, 5.74) is -0.491. The zero-order valence-electron chi connectivity index (χ0n) is 17.1. The quantitative estimate of drug-likeness (QED) is 0.257. The Morgan fingerprint density at radius 2 is 1.52 bits per heavy atom. The lowest BCUT2D eigenvalue weighted by Gasteiger charge is -2.19. The summed E-state index contributed by atoms with van der Waals surface area (Å²) in [4.78, 5) is 0. The van der Waals surface area contributed by atoms with E-state index in [1.54, 1.807) is 19.1 Å². The van der Waals surface area contributed by atoms with Crippen molar-refractivity contribution in [2.24, 2.45) is 0 Å². The van der Waals surface area contributed by atoms with Gasteiger partial charge in [0, 0.05) is 5.39 Å². The molecular formula is C23H17F7O3. The first-order valence-electron chi connectivity index (χ1n) is 9.53. The zero-order chi connectivity index (χ0) is 24.2. The molecule has 0 radical (unpaired) electrons. The zero-order valence-corrected chi connectivity index (χ0v) is 17.1. The first kappa shape index (κ1) is 24.2. The third-order valence-electron chi connectivity index (χ3n) is 4.36.